The SMILES string of the molecule is NCCCCCCCCNCCCCCCCN. The number of unbranched alkanes of at least 4 members (excludes halogenated alkanes) is 9. The molecule has 0 heterocycles. The van der Waals surface area contributed by atoms with Gasteiger partial charge in [0.2, 0.25) is 0 Å². The van der Waals surface area contributed by atoms with Gasteiger partial charge in [-0.05, 0) is 51.9 Å². The highest BCUT2D eigenvalue weighted by Gasteiger charge is 1.92. The molecule has 0 rings (SSSR count). The van der Waals surface area contributed by atoms with Crippen LogP contribution in [-0.4, -0.2) is 26.2 Å². The summed E-state index contributed by atoms with van der Waals surface area (Å²) >= 11 is 0. The van der Waals surface area contributed by atoms with E-state index in [0.29, 0.717) is 0 Å². The maximum Gasteiger partial charge on any atom is -0.00489 e. The fourth-order valence-electron chi connectivity index (χ4n) is 2.15. The Morgan fingerprint density at radius 1 is 0.444 bits per heavy atom. The van der Waals surface area contributed by atoms with Gasteiger partial charge in [0, 0.05) is 0 Å². The Labute approximate surface area is 114 Å². The molecule has 3 nitrogen and oxygen atoms in total. The minimum atomic E-state index is 0.851. The molecule has 0 aliphatic heterocycles. The van der Waals surface area contributed by atoms with E-state index in [9.17, 15) is 0 Å². The molecule has 0 atom stereocenters. The third kappa shape index (κ3) is 15.9. The van der Waals surface area contributed by atoms with Gasteiger partial charge in [0.1, 0.15) is 0 Å². The average Bonchev–Trinajstić information content (AvgIpc) is 2.39. The quantitative estimate of drug-likeness (QED) is 0.395. The van der Waals surface area contributed by atoms with E-state index in [-0.39, 0.29) is 0 Å². The van der Waals surface area contributed by atoms with Crippen molar-refractivity contribution in [1.29, 1.82) is 0 Å². The molecule has 0 spiro atoms. The fourth-order valence-corrected chi connectivity index (χ4v) is 2.15. The predicted octanol–water partition coefficient (Wildman–Crippen LogP) is 2.78. The molecule has 0 saturated carbocycles. The molecule has 5 N–H and O–H groups in total. The monoisotopic (exact) mass is 257 g/mol. The van der Waals surface area contributed by atoms with Crippen LogP contribution in [0, 0.1) is 0 Å². The molecule has 0 bridgehead atoms. The van der Waals surface area contributed by atoms with Crippen LogP contribution in [0.25, 0.3) is 0 Å². The molecule has 0 amide bonds. The smallest absolute Gasteiger partial charge is 0.00489 e. The lowest BCUT2D eigenvalue weighted by atomic mass is 10.1. The van der Waals surface area contributed by atoms with Crippen molar-refractivity contribution < 1.29 is 0 Å². The van der Waals surface area contributed by atoms with E-state index in [1.807, 2.05) is 0 Å². The molecule has 110 valence electrons. The van der Waals surface area contributed by atoms with Crippen molar-refractivity contribution in [1.82, 2.24) is 5.32 Å². The molecule has 0 aromatic rings. The number of rotatable bonds is 15. The second-order valence-corrected chi connectivity index (χ2v) is 5.22. The van der Waals surface area contributed by atoms with E-state index in [1.54, 1.807) is 0 Å². The first-order valence-electron chi connectivity index (χ1n) is 8.02. The molecule has 0 fully saturated rings. The summed E-state index contributed by atoms with van der Waals surface area (Å²) < 4.78 is 0. The highest BCUT2D eigenvalue weighted by Crippen LogP contribution is 2.04. The van der Waals surface area contributed by atoms with Crippen LogP contribution in [0.3, 0.4) is 0 Å². The molecule has 0 aliphatic rings. The van der Waals surface area contributed by atoms with Crippen LogP contribution in [-0.2, 0) is 0 Å². The Morgan fingerprint density at radius 3 is 1.17 bits per heavy atom. The van der Waals surface area contributed by atoms with Crippen molar-refractivity contribution in [3.05, 3.63) is 0 Å². The number of hydrogen-bond acceptors (Lipinski definition) is 3. The van der Waals surface area contributed by atoms with Gasteiger partial charge in [-0.15, -0.1) is 0 Å². The first kappa shape index (κ1) is 17.9. The van der Waals surface area contributed by atoms with Crippen LogP contribution in [0.4, 0.5) is 0 Å². The molecular weight excluding hydrogens is 222 g/mol. The minimum Gasteiger partial charge on any atom is -0.330 e. The Kier molecular flexibility index (Phi) is 16.8. The number of nitrogens with one attached hydrogen (secondary N) is 1. The van der Waals surface area contributed by atoms with E-state index in [4.69, 9.17) is 11.5 Å². The van der Waals surface area contributed by atoms with Crippen molar-refractivity contribution in [3.8, 4) is 0 Å². The Morgan fingerprint density at radius 2 is 0.778 bits per heavy atom. The molecule has 0 saturated heterocycles. The second-order valence-electron chi connectivity index (χ2n) is 5.22. The van der Waals surface area contributed by atoms with Gasteiger partial charge >= 0.3 is 0 Å². The molecule has 0 aromatic heterocycles. The lowest BCUT2D eigenvalue weighted by Crippen LogP contribution is -2.16. The largest absolute Gasteiger partial charge is 0.330 e. The summed E-state index contributed by atoms with van der Waals surface area (Å²) in [6, 6.07) is 0. The van der Waals surface area contributed by atoms with Crippen molar-refractivity contribution in [2.24, 2.45) is 11.5 Å². The summed E-state index contributed by atoms with van der Waals surface area (Å²) in [5.74, 6) is 0. The minimum absolute atomic E-state index is 0.851. The summed E-state index contributed by atoms with van der Waals surface area (Å²) in [7, 11) is 0. The van der Waals surface area contributed by atoms with Gasteiger partial charge < -0.3 is 16.8 Å². The Balaban J connectivity index is 2.86. The standard InChI is InChI=1S/C15H35N3/c16-12-8-4-1-2-6-10-14-18-15-11-7-3-5-9-13-17/h18H,1-17H2. The highest BCUT2D eigenvalue weighted by molar-refractivity contribution is 4.52. The third-order valence-electron chi connectivity index (χ3n) is 3.37. The van der Waals surface area contributed by atoms with Gasteiger partial charge in [-0.1, -0.05) is 44.9 Å². The van der Waals surface area contributed by atoms with Gasteiger partial charge in [-0.3, -0.25) is 0 Å². The van der Waals surface area contributed by atoms with Crippen LogP contribution >= 0.6 is 0 Å². The zero-order chi connectivity index (χ0) is 13.3. The van der Waals surface area contributed by atoms with E-state index >= 15 is 0 Å². The molecule has 0 aromatic carbocycles. The Hall–Kier alpha value is -0.120. The topological polar surface area (TPSA) is 64.1 Å². The van der Waals surface area contributed by atoms with Crippen molar-refractivity contribution in [2.45, 2.75) is 70.6 Å². The fraction of sp³-hybridized carbons (Fsp3) is 1.00. The number of nitrogens with two attached hydrogens (primary N) is 2. The van der Waals surface area contributed by atoms with Crippen LogP contribution in [0.2, 0.25) is 0 Å². The molecule has 0 unspecified atom stereocenters. The molecule has 18 heavy (non-hydrogen) atoms. The molecule has 0 radical (unpaired) electrons. The normalized spacial score (nSPS) is 11.0. The van der Waals surface area contributed by atoms with E-state index < -0.39 is 0 Å². The van der Waals surface area contributed by atoms with Crippen LogP contribution in [0.1, 0.15) is 70.6 Å². The van der Waals surface area contributed by atoms with E-state index in [0.717, 1.165) is 13.1 Å². The number of hydrogen-bond donors (Lipinski definition) is 3. The van der Waals surface area contributed by atoms with Crippen LogP contribution in [0.15, 0.2) is 0 Å². The maximum absolute atomic E-state index is 5.46. The van der Waals surface area contributed by atoms with E-state index in [2.05, 4.69) is 5.32 Å². The summed E-state index contributed by atoms with van der Waals surface area (Å²) in [6.07, 6.45) is 14.5. The first-order valence-corrected chi connectivity index (χ1v) is 8.02. The lowest BCUT2D eigenvalue weighted by molar-refractivity contribution is 0.543. The zero-order valence-corrected chi connectivity index (χ0v) is 12.3. The predicted molar refractivity (Wildman–Crippen MR) is 81.8 cm³/mol. The maximum atomic E-state index is 5.46. The van der Waals surface area contributed by atoms with Crippen molar-refractivity contribution in [2.75, 3.05) is 26.2 Å². The van der Waals surface area contributed by atoms with Crippen molar-refractivity contribution >= 4 is 0 Å². The lowest BCUT2D eigenvalue weighted by Gasteiger charge is -2.05. The summed E-state index contributed by atoms with van der Waals surface area (Å²) in [4.78, 5) is 0. The molecular formula is C15H35N3. The van der Waals surface area contributed by atoms with Crippen LogP contribution in [0.5, 0.6) is 0 Å². The first-order chi connectivity index (χ1) is 8.91. The van der Waals surface area contributed by atoms with E-state index in [1.165, 1.54) is 83.7 Å². The highest BCUT2D eigenvalue weighted by atomic mass is 14.8. The van der Waals surface area contributed by atoms with Gasteiger partial charge in [0.15, 0.2) is 0 Å². The van der Waals surface area contributed by atoms with Gasteiger partial charge in [0.05, 0.1) is 0 Å². The summed E-state index contributed by atoms with van der Waals surface area (Å²) in [5, 5.41) is 3.53. The third-order valence-corrected chi connectivity index (χ3v) is 3.37. The summed E-state index contributed by atoms with van der Waals surface area (Å²) in [5.41, 5.74) is 10.9. The van der Waals surface area contributed by atoms with Gasteiger partial charge in [-0.25, -0.2) is 0 Å². The van der Waals surface area contributed by atoms with Crippen molar-refractivity contribution in [3.63, 3.8) is 0 Å². The second kappa shape index (κ2) is 16.9. The zero-order valence-electron chi connectivity index (χ0n) is 12.3. The van der Waals surface area contributed by atoms with Gasteiger partial charge in [-0.2, -0.15) is 0 Å². The van der Waals surface area contributed by atoms with Gasteiger partial charge in [0.25, 0.3) is 0 Å². The molecule has 0 aliphatic carbocycles. The van der Waals surface area contributed by atoms with Crippen LogP contribution < -0.4 is 16.8 Å². The summed E-state index contributed by atoms with van der Waals surface area (Å²) in [6.45, 7) is 4.09. The average molecular weight is 257 g/mol. The Bertz CT molecular complexity index is 124. The molecule has 3 heteroatoms.